The van der Waals surface area contributed by atoms with Crippen molar-refractivity contribution in [2.24, 2.45) is 5.73 Å². The minimum Gasteiger partial charge on any atom is -0.505 e. The maximum absolute atomic E-state index is 12.8. The molecule has 0 spiro atoms. The van der Waals surface area contributed by atoms with Crippen LogP contribution in [-0.2, 0) is 14.2 Å². The van der Waals surface area contributed by atoms with Gasteiger partial charge in [-0.2, -0.15) is 0 Å². The first-order chi connectivity index (χ1) is 18.2. The molecule has 0 saturated carbocycles. The summed E-state index contributed by atoms with van der Waals surface area (Å²) in [7, 11) is 1.37. The number of fused-ring (bicyclic) bond motifs is 1. The van der Waals surface area contributed by atoms with E-state index in [2.05, 4.69) is 5.32 Å². The molecule has 1 fully saturated rings. The first-order valence-corrected chi connectivity index (χ1v) is 11.9. The molecule has 5 N–H and O–H groups in total. The van der Waals surface area contributed by atoms with Gasteiger partial charge in [-0.1, -0.05) is 0 Å². The molecule has 2 aromatic heterocycles. The van der Waals surface area contributed by atoms with Crippen molar-refractivity contribution < 1.29 is 47.6 Å². The lowest BCUT2D eigenvalue weighted by atomic mass is 9.89. The standard InChI is InChI=1S/C26H30N2O11/c1-10-9-14(12(3)35-10)22(31)28-16-17(29)13-7-8-15(11(2)19(13)37-23(16)32)36-24-18(30)20(38-25(27)33)21(34-6)26(4,5)39-24/h7-9,18,20-21,24,29-30H,1-6H3,(H2,27,33)(H,28,31)/t18-,20+,21-,24-/m1/s1. The summed E-state index contributed by atoms with van der Waals surface area (Å²) in [5, 5.41) is 24.2. The molecule has 2 amide bonds. The number of aryl methyl sites for hydroxylation is 3. The van der Waals surface area contributed by atoms with E-state index in [1.165, 1.54) is 25.3 Å². The molecule has 4 atom stereocenters. The molecule has 0 unspecified atom stereocenters. The summed E-state index contributed by atoms with van der Waals surface area (Å²) in [5.41, 5.74) is 3.13. The van der Waals surface area contributed by atoms with Crippen LogP contribution in [0.4, 0.5) is 10.5 Å². The largest absolute Gasteiger partial charge is 0.505 e. The lowest BCUT2D eigenvalue weighted by Gasteiger charge is -2.47. The molecule has 1 saturated heterocycles. The Morgan fingerprint density at radius 3 is 2.44 bits per heavy atom. The third-order valence-electron chi connectivity index (χ3n) is 6.54. The fourth-order valence-corrected chi connectivity index (χ4v) is 4.71. The maximum Gasteiger partial charge on any atom is 0.404 e. The van der Waals surface area contributed by atoms with Gasteiger partial charge in [-0.3, -0.25) is 4.79 Å². The highest BCUT2D eigenvalue weighted by molar-refractivity contribution is 6.07. The number of carbonyl (C=O) groups is 2. The summed E-state index contributed by atoms with van der Waals surface area (Å²) in [4.78, 5) is 36.9. The average molecular weight is 547 g/mol. The van der Waals surface area contributed by atoms with Gasteiger partial charge < -0.3 is 49.0 Å². The van der Waals surface area contributed by atoms with E-state index in [1.54, 1.807) is 34.6 Å². The van der Waals surface area contributed by atoms with E-state index in [0.29, 0.717) is 11.5 Å². The molecular weight excluding hydrogens is 516 g/mol. The van der Waals surface area contributed by atoms with E-state index >= 15 is 0 Å². The molecule has 0 bridgehead atoms. The van der Waals surface area contributed by atoms with Crippen LogP contribution in [0.25, 0.3) is 11.0 Å². The molecule has 39 heavy (non-hydrogen) atoms. The zero-order valence-electron chi connectivity index (χ0n) is 22.2. The van der Waals surface area contributed by atoms with Crippen molar-refractivity contribution in [3.8, 4) is 11.5 Å². The molecule has 13 nitrogen and oxygen atoms in total. The number of aliphatic hydroxyl groups excluding tert-OH is 1. The molecule has 1 aliphatic heterocycles. The Labute approximate surface area is 222 Å². The molecular formula is C26H30N2O11. The third-order valence-corrected chi connectivity index (χ3v) is 6.54. The lowest BCUT2D eigenvalue weighted by molar-refractivity contribution is -0.304. The highest BCUT2D eigenvalue weighted by atomic mass is 16.7. The van der Waals surface area contributed by atoms with Gasteiger partial charge in [0.05, 0.1) is 16.6 Å². The molecule has 4 rings (SSSR count). The number of aliphatic hydroxyl groups is 1. The number of nitrogens with one attached hydrogen (secondary N) is 1. The monoisotopic (exact) mass is 546 g/mol. The van der Waals surface area contributed by atoms with Gasteiger partial charge in [-0.15, -0.1) is 0 Å². The first-order valence-electron chi connectivity index (χ1n) is 11.9. The lowest BCUT2D eigenvalue weighted by Crippen LogP contribution is -2.65. The molecule has 210 valence electrons. The minimum absolute atomic E-state index is 0.0207. The van der Waals surface area contributed by atoms with Gasteiger partial charge in [-0.25, -0.2) is 9.59 Å². The smallest absolute Gasteiger partial charge is 0.404 e. The molecule has 0 radical (unpaired) electrons. The summed E-state index contributed by atoms with van der Waals surface area (Å²) >= 11 is 0. The first kappa shape index (κ1) is 28.0. The Balaban J connectivity index is 1.66. The Morgan fingerprint density at radius 1 is 1.15 bits per heavy atom. The van der Waals surface area contributed by atoms with Crippen LogP contribution in [0.2, 0.25) is 0 Å². The van der Waals surface area contributed by atoms with E-state index in [4.69, 9.17) is 33.5 Å². The minimum atomic E-state index is -1.50. The van der Waals surface area contributed by atoms with Crippen LogP contribution in [0.15, 0.2) is 31.8 Å². The van der Waals surface area contributed by atoms with Gasteiger partial charge in [0.15, 0.2) is 23.6 Å². The number of benzene rings is 1. The predicted octanol–water partition coefficient (Wildman–Crippen LogP) is 2.62. The number of methoxy groups -OCH3 is 1. The van der Waals surface area contributed by atoms with Crippen LogP contribution < -0.4 is 21.4 Å². The topological polar surface area (TPSA) is 193 Å². The Kier molecular flexibility index (Phi) is 7.34. The number of aromatic hydroxyl groups is 1. The second-order valence-corrected chi connectivity index (χ2v) is 9.72. The number of hydrogen-bond acceptors (Lipinski definition) is 11. The van der Waals surface area contributed by atoms with E-state index in [0.717, 1.165) is 0 Å². The van der Waals surface area contributed by atoms with Crippen molar-refractivity contribution in [1.82, 2.24) is 0 Å². The van der Waals surface area contributed by atoms with Gasteiger partial charge >= 0.3 is 11.7 Å². The number of hydrogen-bond donors (Lipinski definition) is 4. The average Bonchev–Trinajstić information content (AvgIpc) is 3.19. The van der Waals surface area contributed by atoms with E-state index in [-0.39, 0.29) is 27.8 Å². The second kappa shape index (κ2) is 10.2. The van der Waals surface area contributed by atoms with E-state index in [1.807, 2.05) is 0 Å². The molecule has 13 heteroatoms. The molecule has 3 heterocycles. The van der Waals surface area contributed by atoms with Crippen LogP contribution in [0.5, 0.6) is 11.5 Å². The number of anilines is 1. The number of carbonyl (C=O) groups excluding carboxylic acids is 2. The van der Waals surface area contributed by atoms with Crippen molar-refractivity contribution >= 4 is 28.7 Å². The normalized spacial score (nSPS) is 22.4. The Morgan fingerprint density at radius 2 is 1.85 bits per heavy atom. The molecule has 1 aromatic carbocycles. The van der Waals surface area contributed by atoms with Crippen molar-refractivity contribution in [2.45, 2.75) is 64.8 Å². The number of nitrogens with two attached hydrogens (primary N) is 1. The third kappa shape index (κ3) is 5.15. The highest BCUT2D eigenvalue weighted by Crippen LogP contribution is 2.38. The zero-order chi connectivity index (χ0) is 28.8. The van der Waals surface area contributed by atoms with Crippen molar-refractivity contribution in [3.63, 3.8) is 0 Å². The number of primary amides is 1. The second-order valence-electron chi connectivity index (χ2n) is 9.72. The summed E-state index contributed by atoms with van der Waals surface area (Å²) in [6, 6.07) is 4.38. The summed E-state index contributed by atoms with van der Waals surface area (Å²) in [6.07, 6.45) is -6.03. The summed E-state index contributed by atoms with van der Waals surface area (Å²) in [5.74, 6) is -0.162. The van der Waals surface area contributed by atoms with Crippen LogP contribution in [-0.4, -0.2) is 59.5 Å². The van der Waals surface area contributed by atoms with E-state index < -0.39 is 59.3 Å². The van der Waals surface area contributed by atoms with Crippen molar-refractivity contribution in [1.29, 1.82) is 0 Å². The van der Waals surface area contributed by atoms with Crippen LogP contribution >= 0.6 is 0 Å². The van der Waals surface area contributed by atoms with Crippen molar-refractivity contribution in [2.75, 3.05) is 12.4 Å². The Hall–Kier alpha value is -4.07. The molecule has 1 aliphatic rings. The van der Waals surface area contributed by atoms with Crippen LogP contribution in [0, 0.1) is 20.8 Å². The fourth-order valence-electron chi connectivity index (χ4n) is 4.71. The highest BCUT2D eigenvalue weighted by Gasteiger charge is 2.53. The number of ether oxygens (including phenoxy) is 4. The molecule has 3 aromatic rings. The van der Waals surface area contributed by atoms with Gasteiger partial charge in [0.2, 0.25) is 6.29 Å². The summed E-state index contributed by atoms with van der Waals surface area (Å²) < 4.78 is 33.1. The van der Waals surface area contributed by atoms with Crippen LogP contribution in [0.1, 0.15) is 41.3 Å². The fraction of sp³-hybridized carbons (Fsp3) is 0.423. The van der Waals surface area contributed by atoms with Crippen molar-refractivity contribution in [3.05, 3.63) is 51.3 Å². The van der Waals surface area contributed by atoms with E-state index in [9.17, 15) is 24.6 Å². The van der Waals surface area contributed by atoms with Crippen LogP contribution in [0.3, 0.4) is 0 Å². The van der Waals surface area contributed by atoms with Gasteiger partial charge in [-0.05, 0) is 52.8 Å². The predicted molar refractivity (Wildman–Crippen MR) is 136 cm³/mol. The maximum atomic E-state index is 12.8. The Bertz CT molecular complexity index is 1490. The number of furan rings is 1. The number of rotatable bonds is 6. The van der Waals surface area contributed by atoms with Gasteiger partial charge in [0.25, 0.3) is 5.91 Å². The quantitative estimate of drug-likeness (QED) is 0.332. The summed E-state index contributed by atoms with van der Waals surface area (Å²) in [6.45, 7) is 8.15. The van der Waals surface area contributed by atoms with Gasteiger partial charge in [0, 0.05) is 12.7 Å². The SMILES string of the molecule is CO[C@@H]1[C@@H](OC(N)=O)[C@@H](O)[C@H](Oc2ccc3c(O)c(NC(=O)c4cc(C)oc4C)c(=O)oc3c2C)OC1(C)C. The zero-order valence-corrected chi connectivity index (χ0v) is 22.2. The number of amides is 2. The molecule has 0 aliphatic carbocycles. The van der Waals surface area contributed by atoms with Gasteiger partial charge in [0.1, 0.15) is 29.0 Å².